The lowest BCUT2D eigenvalue weighted by Gasteiger charge is -2.12. The van der Waals surface area contributed by atoms with Gasteiger partial charge in [0, 0.05) is 11.8 Å². The fourth-order valence-electron chi connectivity index (χ4n) is 2.54. The third-order valence-corrected chi connectivity index (χ3v) is 4.77. The van der Waals surface area contributed by atoms with Crippen molar-refractivity contribution in [2.45, 2.75) is 52.4 Å². The van der Waals surface area contributed by atoms with Crippen molar-refractivity contribution in [3.63, 3.8) is 0 Å². The molecule has 1 amide bonds. The molecule has 0 bridgehead atoms. The van der Waals surface area contributed by atoms with E-state index in [1.54, 1.807) is 16.9 Å². The molecule has 2 rings (SSSR count). The van der Waals surface area contributed by atoms with E-state index < -0.39 is 0 Å². The third kappa shape index (κ3) is 7.59. The number of hydrogen-bond acceptors (Lipinski definition) is 4. The maximum Gasteiger partial charge on any atom is 0.305 e. The van der Waals surface area contributed by atoms with Gasteiger partial charge in [-0.1, -0.05) is 69.5 Å². The van der Waals surface area contributed by atoms with E-state index in [0.29, 0.717) is 17.8 Å². The topological polar surface area (TPSA) is 56.5 Å². The Morgan fingerprint density at radius 3 is 2.63 bits per heavy atom. The monoisotopic (exact) mass is 387 g/mol. The smallest absolute Gasteiger partial charge is 0.305 e. The Labute approximate surface area is 165 Å². The highest BCUT2D eigenvalue weighted by molar-refractivity contribution is 8.13. The predicted molar refractivity (Wildman–Crippen MR) is 112 cm³/mol. The second kappa shape index (κ2) is 12.3. The first-order valence-electron chi connectivity index (χ1n) is 9.73. The van der Waals surface area contributed by atoms with Crippen molar-refractivity contribution in [3.05, 3.63) is 48.0 Å². The van der Waals surface area contributed by atoms with Crippen LogP contribution in [0.3, 0.4) is 0 Å². The molecule has 0 N–H and O–H groups in total. The summed E-state index contributed by atoms with van der Waals surface area (Å²) < 4.78 is 7.54. The number of nitrogens with zero attached hydrogens (tertiary/aromatic N) is 3. The van der Waals surface area contributed by atoms with Crippen molar-refractivity contribution in [1.82, 2.24) is 9.78 Å². The fraction of sp³-hybridized carbons (Fsp3) is 0.476. The van der Waals surface area contributed by atoms with Crippen LogP contribution in [0.5, 0.6) is 5.88 Å². The van der Waals surface area contributed by atoms with Crippen LogP contribution in [0.2, 0.25) is 0 Å². The van der Waals surface area contributed by atoms with Crippen molar-refractivity contribution >= 4 is 17.0 Å². The van der Waals surface area contributed by atoms with E-state index in [-0.39, 0.29) is 5.24 Å². The maximum atomic E-state index is 12.1. The number of unbranched alkanes of at least 4 members (excludes halogenated alkanes) is 4. The van der Waals surface area contributed by atoms with Crippen LogP contribution < -0.4 is 10.1 Å². The van der Waals surface area contributed by atoms with E-state index in [9.17, 15) is 4.79 Å². The van der Waals surface area contributed by atoms with Gasteiger partial charge in [0.15, 0.2) is 0 Å². The van der Waals surface area contributed by atoms with Gasteiger partial charge in [-0.3, -0.25) is 4.79 Å². The van der Waals surface area contributed by atoms with E-state index in [4.69, 9.17) is 4.74 Å². The molecule has 146 valence electrons. The SMILES string of the molecule is CCCCCCCSC(=O)N=c1cnn(-c2ccccc2)c(OCCC)c1. The Morgan fingerprint density at radius 1 is 1.11 bits per heavy atom. The standard InChI is InChI=1S/C21H29N3O2S/c1-3-5-6-7-11-15-27-21(25)23-18-16-20(26-14-4-2)24(22-17-18)19-12-9-8-10-13-19/h8-10,12-13,16-17H,3-7,11,14-15H2,1-2H3. The largest absolute Gasteiger partial charge is 0.478 e. The van der Waals surface area contributed by atoms with Gasteiger partial charge in [-0.2, -0.15) is 5.10 Å². The number of amides is 1. The summed E-state index contributed by atoms with van der Waals surface area (Å²) in [6.45, 7) is 4.83. The van der Waals surface area contributed by atoms with Crippen molar-refractivity contribution in [2.75, 3.05) is 12.4 Å². The summed E-state index contributed by atoms with van der Waals surface area (Å²) in [6.07, 6.45) is 8.45. The molecule has 1 aromatic carbocycles. The second-order valence-corrected chi connectivity index (χ2v) is 7.33. The van der Waals surface area contributed by atoms with Gasteiger partial charge in [-0.05, 0) is 25.0 Å². The van der Waals surface area contributed by atoms with Crippen LogP contribution in [-0.2, 0) is 0 Å². The number of para-hydroxylation sites is 1. The maximum absolute atomic E-state index is 12.1. The van der Waals surface area contributed by atoms with Crippen LogP contribution >= 0.6 is 11.8 Å². The van der Waals surface area contributed by atoms with Gasteiger partial charge in [0.2, 0.25) is 5.88 Å². The van der Waals surface area contributed by atoms with E-state index in [1.807, 2.05) is 30.3 Å². The van der Waals surface area contributed by atoms with Gasteiger partial charge in [0.1, 0.15) is 0 Å². The van der Waals surface area contributed by atoms with Crippen LogP contribution in [-0.4, -0.2) is 27.4 Å². The minimum absolute atomic E-state index is 0.175. The molecule has 0 atom stereocenters. The van der Waals surface area contributed by atoms with Crippen LogP contribution in [0.15, 0.2) is 47.6 Å². The number of hydrogen-bond donors (Lipinski definition) is 0. The minimum atomic E-state index is -0.175. The quantitative estimate of drug-likeness (QED) is 0.513. The zero-order valence-electron chi connectivity index (χ0n) is 16.3. The van der Waals surface area contributed by atoms with Gasteiger partial charge in [0.25, 0.3) is 0 Å². The molecule has 6 heteroatoms. The van der Waals surface area contributed by atoms with Crippen molar-refractivity contribution in [3.8, 4) is 11.6 Å². The Bertz CT molecular complexity index is 760. The summed E-state index contributed by atoms with van der Waals surface area (Å²) in [6, 6.07) is 11.6. The van der Waals surface area contributed by atoms with E-state index >= 15 is 0 Å². The Hall–Kier alpha value is -2.08. The fourth-order valence-corrected chi connectivity index (χ4v) is 3.23. The van der Waals surface area contributed by atoms with E-state index in [2.05, 4.69) is 23.9 Å². The molecular formula is C21H29N3O2S. The number of benzene rings is 1. The molecule has 0 saturated carbocycles. The molecule has 0 aliphatic heterocycles. The number of ether oxygens (including phenoxy) is 1. The molecule has 0 aliphatic carbocycles. The predicted octanol–water partition coefficient (Wildman–Crippen LogP) is 5.39. The molecule has 1 aromatic heterocycles. The Balaban J connectivity index is 2.06. The molecule has 2 aromatic rings. The molecule has 27 heavy (non-hydrogen) atoms. The van der Waals surface area contributed by atoms with Crippen LogP contribution in [0.1, 0.15) is 52.4 Å². The first-order chi connectivity index (χ1) is 13.2. The molecule has 0 spiro atoms. The summed E-state index contributed by atoms with van der Waals surface area (Å²) >= 11 is 1.27. The number of thioether (sulfide) groups is 1. The molecule has 0 aliphatic rings. The van der Waals surface area contributed by atoms with Gasteiger partial charge < -0.3 is 4.74 Å². The average Bonchev–Trinajstić information content (AvgIpc) is 2.70. The van der Waals surface area contributed by atoms with Gasteiger partial charge in [-0.15, -0.1) is 0 Å². The third-order valence-electron chi connectivity index (χ3n) is 3.93. The molecule has 0 saturated heterocycles. The number of carbonyl (C=O) groups is 1. The van der Waals surface area contributed by atoms with Crippen molar-refractivity contribution in [1.29, 1.82) is 0 Å². The first kappa shape index (κ1) is 21.2. The number of aromatic nitrogens is 2. The molecule has 0 radical (unpaired) electrons. The number of rotatable bonds is 10. The summed E-state index contributed by atoms with van der Waals surface area (Å²) in [4.78, 5) is 16.3. The van der Waals surface area contributed by atoms with Crippen LogP contribution in [0, 0.1) is 0 Å². The molecule has 0 unspecified atom stereocenters. The molecule has 0 fully saturated rings. The summed E-state index contributed by atoms with van der Waals surface area (Å²) in [5.41, 5.74) is 0.905. The van der Waals surface area contributed by atoms with Gasteiger partial charge in [0.05, 0.1) is 23.8 Å². The average molecular weight is 388 g/mol. The van der Waals surface area contributed by atoms with E-state index in [0.717, 1.165) is 24.3 Å². The summed E-state index contributed by atoms with van der Waals surface area (Å²) in [7, 11) is 0. The lowest BCUT2D eigenvalue weighted by atomic mass is 10.2. The highest BCUT2D eigenvalue weighted by atomic mass is 32.2. The lowest BCUT2D eigenvalue weighted by Crippen LogP contribution is -2.15. The van der Waals surface area contributed by atoms with Crippen molar-refractivity contribution in [2.24, 2.45) is 4.99 Å². The molecule has 5 nitrogen and oxygen atoms in total. The Kier molecular flexibility index (Phi) is 9.69. The van der Waals surface area contributed by atoms with Gasteiger partial charge >= 0.3 is 5.24 Å². The van der Waals surface area contributed by atoms with Crippen molar-refractivity contribution < 1.29 is 9.53 Å². The van der Waals surface area contributed by atoms with Crippen LogP contribution in [0.4, 0.5) is 4.79 Å². The minimum Gasteiger partial charge on any atom is -0.478 e. The normalized spacial score (nSPS) is 11.6. The highest BCUT2D eigenvalue weighted by Crippen LogP contribution is 2.15. The second-order valence-electron chi connectivity index (χ2n) is 6.29. The highest BCUT2D eigenvalue weighted by Gasteiger charge is 2.06. The lowest BCUT2D eigenvalue weighted by molar-refractivity contribution is 0.267. The molecular weight excluding hydrogens is 358 g/mol. The molecule has 1 heterocycles. The number of carbonyl (C=O) groups excluding carboxylic acids is 1. The van der Waals surface area contributed by atoms with Crippen LogP contribution in [0.25, 0.3) is 5.69 Å². The first-order valence-corrected chi connectivity index (χ1v) is 10.7. The zero-order chi connectivity index (χ0) is 19.3. The summed E-state index contributed by atoms with van der Waals surface area (Å²) in [5.74, 6) is 1.40. The Morgan fingerprint density at radius 2 is 1.89 bits per heavy atom. The van der Waals surface area contributed by atoms with Gasteiger partial charge in [-0.25, -0.2) is 9.67 Å². The van der Waals surface area contributed by atoms with E-state index in [1.165, 1.54) is 37.4 Å². The summed E-state index contributed by atoms with van der Waals surface area (Å²) in [5, 5.41) is 4.77. The zero-order valence-corrected chi connectivity index (χ0v) is 17.1.